The van der Waals surface area contributed by atoms with Gasteiger partial charge < -0.3 is 5.11 Å². The molecule has 1 aromatic carbocycles. The minimum absolute atomic E-state index is 0.0360. The summed E-state index contributed by atoms with van der Waals surface area (Å²) < 4.78 is 23.2. The molecular formula is C14H21NO3S. The highest BCUT2D eigenvalue weighted by Gasteiger charge is 2.24. The highest BCUT2D eigenvalue weighted by molar-refractivity contribution is 7.91. The number of rotatable bonds is 2. The van der Waals surface area contributed by atoms with Gasteiger partial charge in [-0.1, -0.05) is 12.1 Å². The minimum atomic E-state index is -2.89. The van der Waals surface area contributed by atoms with Crippen molar-refractivity contribution in [3.8, 4) is 5.75 Å². The maximum Gasteiger partial charge on any atom is 0.151 e. The van der Waals surface area contributed by atoms with Crippen LogP contribution in [-0.4, -0.2) is 43.0 Å². The lowest BCUT2D eigenvalue weighted by molar-refractivity contribution is 0.224. The number of sulfone groups is 1. The molecule has 1 unspecified atom stereocenters. The predicted molar refractivity (Wildman–Crippen MR) is 76.1 cm³/mol. The first-order chi connectivity index (χ1) is 8.89. The molecule has 1 aromatic rings. The second-order valence-electron chi connectivity index (χ2n) is 5.28. The highest BCUT2D eigenvalue weighted by Crippen LogP contribution is 2.29. The van der Waals surface area contributed by atoms with Crippen molar-refractivity contribution in [3.63, 3.8) is 0 Å². The van der Waals surface area contributed by atoms with E-state index >= 15 is 0 Å². The van der Waals surface area contributed by atoms with Gasteiger partial charge in [0.2, 0.25) is 0 Å². The van der Waals surface area contributed by atoms with Crippen LogP contribution in [0.2, 0.25) is 0 Å². The fraction of sp³-hybridized carbons (Fsp3) is 0.571. The number of aryl methyl sites for hydroxylation is 1. The van der Waals surface area contributed by atoms with Crippen molar-refractivity contribution in [3.05, 3.63) is 29.3 Å². The van der Waals surface area contributed by atoms with Crippen molar-refractivity contribution in [1.29, 1.82) is 0 Å². The molecule has 1 N–H and O–H groups in total. The van der Waals surface area contributed by atoms with Gasteiger partial charge in [-0.2, -0.15) is 0 Å². The van der Waals surface area contributed by atoms with Crippen LogP contribution in [0.1, 0.15) is 30.5 Å². The second kappa shape index (κ2) is 5.51. The number of phenolic OH excluding ortho intramolecular Hbond substituents is 1. The van der Waals surface area contributed by atoms with Crippen molar-refractivity contribution in [2.24, 2.45) is 0 Å². The number of nitrogens with zero attached hydrogens (tertiary/aromatic N) is 1. The molecule has 1 aliphatic heterocycles. The molecule has 1 atom stereocenters. The summed E-state index contributed by atoms with van der Waals surface area (Å²) in [6.45, 7) is 5.25. The molecule has 4 nitrogen and oxygen atoms in total. The molecule has 1 aliphatic rings. The Bertz CT molecular complexity index is 554. The van der Waals surface area contributed by atoms with E-state index in [2.05, 4.69) is 4.90 Å². The van der Waals surface area contributed by atoms with Crippen molar-refractivity contribution in [2.45, 2.75) is 26.3 Å². The smallest absolute Gasteiger partial charge is 0.151 e. The second-order valence-corrected chi connectivity index (χ2v) is 7.58. The van der Waals surface area contributed by atoms with Crippen LogP contribution in [0.25, 0.3) is 0 Å². The zero-order valence-corrected chi connectivity index (χ0v) is 12.3. The van der Waals surface area contributed by atoms with Gasteiger partial charge in [-0.05, 0) is 38.4 Å². The van der Waals surface area contributed by atoms with Gasteiger partial charge in [-0.25, -0.2) is 8.42 Å². The molecule has 0 bridgehead atoms. The maximum atomic E-state index is 11.6. The normalized spacial score (nSPS) is 21.8. The number of phenols is 1. The van der Waals surface area contributed by atoms with Gasteiger partial charge in [0, 0.05) is 18.2 Å². The van der Waals surface area contributed by atoms with Crippen LogP contribution in [0.15, 0.2) is 18.2 Å². The van der Waals surface area contributed by atoms with Gasteiger partial charge in [0.1, 0.15) is 5.75 Å². The van der Waals surface area contributed by atoms with E-state index < -0.39 is 9.84 Å². The number of hydrogen-bond acceptors (Lipinski definition) is 4. The van der Waals surface area contributed by atoms with E-state index in [1.54, 1.807) is 6.07 Å². The molecule has 0 radical (unpaired) electrons. The summed E-state index contributed by atoms with van der Waals surface area (Å²) in [6, 6.07) is 5.68. The minimum Gasteiger partial charge on any atom is -0.508 e. The Kier molecular flexibility index (Phi) is 4.16. The van der Waals surface area contributed by atoms with Gasteiger partial charge in [0.05, 0.1) is 11.5 Å². The van der Waals surface area contributed by atoms with Crippen molar-refractivity contribution in [1.82, 2.24) is 4.90 Å². The van der Waals surface area contributed by atoms with Gasteiger partial charge in [-0.3, -0.25) is 4.90 Å². The Hall–Kier alpha value is -1.07. The molecule has 1 heterocycles. The Morgan fingerprint density at radius 2 is 2.00 bits per heavy atom. The molecule has 1 saturated heterocycles. The summed E-state index contributed by atoms with van der Waals surface area (Å²) in [6.07, 6.45) is 0.666. The molecular weight excluding hydrogens is 262 g/mol. The average Bonchev–Trinajstić information content (AvgIpc) is 2.49. The third kappa shape index (κ3) is 3.48. The molecule has 106 valence electrons. The van der Waals surface area contributed by atoms with Crippen molar-refractivity contribution >= 4 is 9.84 Å². The third-order valence-corrected chi connectivity index (χ3v) is 5.49. The molecule has 0 saturated carbocycles. The number of aromatic hydroxyl groups is 1. The summed E-state index contributed by atoms with van der Waals surface area (Å²) in [5, 5.41) is 10.0. The van der Waals surface area contributed by atoms with Crippen LogP contribution in [0.3, 0.4) is 0 Å². The number of hydrogen-bond donors (Lipinski definition) is 1. The Labute approximate surface area is 115 Å². The van der Waals surface area contributed by atoms with Gasteiger partial charge >= 0.3 is 0 Å². The zero-order chi connectivity index (χ0) is 14.0. The lowest BCUT2D eigenvalue weighted by atomic mass is 10.0. The first-order valence-corrected chi connectivity index (χ1v) is 8.45. The van der Waals surface area contributed by atoms with E-state index in [1.807, 2.05) is 26.0 Å². The largest absolute Gasteiger partial charge is 0.508 e. The van der Waals surface area contributed by atoms with Crippen LogP contribution in [-0.2, 0) is 9.84 Å². The monoisotopic (exact) mass is 283 g/mol. The Balaban J connectivity index is 2.17. The molecule has 0 aromatic heterocycles. The van der Waals surface area contributed by atoms with E-state index in [1.165, 1.54) is 0 Å². The lowest BCUT2D eigenvalue weighted by Gasteiger charge is -2.28. The van der Waals surface area contributed by atoms with Crippen LogP contribution in [0.4, 0.5) is 0 Å². The molecule has 0 amide bonds. The van der Waals surface area contributed by atoms with Crippen molar-refractivity contribution < 1.29 is 13.5 Å². The van der Waals surface area contributed by atoms with Crippen LogP contribution >= 0.6 is 0 Å². The summed E-state index contributed by atoms with van der Waals surface area (Å²) in [4.78, 5) is 2.13. The summed E-state index contributed by atoms with van der Waals surface area (Å²) in [5.74, 6) is 0.777. The van der Waals surface area contributed by atoms with Crippen LogP contribution in [0, 0.1) is 6.92 Å². The fourth-order valence-corrected chi connectivity index (χ4v) is 3.83. The average molecular weight is 283 g/mol. The first kappa shape index (κ1) is 14.3. The molecule has 0 spiro atoms. The summed E-state index contributed by atoms with van der Waals surface area (Å²) >= 11 is 0. The van der Waals surface area contributed by atoms with Gasteiger partial charge in [-0.15, -0.1) is 0 Å². The molecule has 2 rings (SSSR count). The summed E-state index contributed by atoms with van der Waals surface area (Å²) in [5.41, 5.74) is 1.89. The quantitative estimate of drug-likeness (QED) is 0.900. The lowest BCUT2D eigenvalue weighted by Crippen LogP contribution is -2.30. The van der Waals surface area contributed by atoms with Gasteiger partial charge in [0.25, 0.3) is 0 Å². The van der Waals surface area contributed by atoms with E-state index in [-0.39, 0.29) is 17.5 Å². The maximum absolute atomic E-state index is 11.6. The van der Waals surface area contributed by atoms with E-state index in [0.717, 1.165) is 17.7 Å². The van der Waals surface area contributed by atoms with Crippen LogP contribution in [0.5, 0.6) is 5.75 Å². The predicted octanol–water partition coefficient (Wildman–Crippen LogP) is 1.88. The van der Waals surface area contributed by atoms with Gasteiger partial charge in [0.15, 0.2) is 9.84 Å². The third-order valence-electron chi connectivity index (χ3n) is 3.77. The van der Waals surface area contributed by atoms with E-state index in [0.29, 0.717) is 18.7 Å². The fourth-order valence-electron chi connectivity index (χ4n) is 2.55. The summed E-state index contributed by atoms with van der Waals surface area (Å²) in [7, 11) is -2.89. The Morgan fingerprint density at radius 1 is 1.26 bits per heavy atom. The van der Waals surface area contributed by atoms with Crippen molar-refractivity contribution in [2.75, 3.05) is 24.6 Å². The molecule has 19 heavy (non-hydrogen) atoms. The highest BCUT2D eigenvalue weighted by atomic mass is 32.2. The topological polar surface area (TPSA) is 57.6 Å². The van der Waals surface area contributed by atoms with E-state index in [9.17, 15) is 13.5 Å². The van der Waals surface area contributed by atoms with Crippen LogP contribution < -0.4 is 0 Å². The molecule has 0 aliphatic carbocycles. The first-order valence-electron chi connectivity index (χ1n) is 6.63. The number of benzene rings is 1. The van der Waals surface area contributed by atoms with E-state index in [4.69, 9.17) is 0 Å². The molecule has 1 fully saturated rings. The molecule has 5 heteroatoms. The Morgan fingerprint density at radius 3 is 2.68 bits per heavy atom. The SMILES string of the molecule is Cc1ccc(C(C)N2CCCS(=O)(=O)CC2)c(O)c1. The standard InChI is InChI=1S/C14H21NO3S/c1-11-4-5-13(14(16)10-11)12(2)15-6-3-8-19(17,18)9-7-15/h4-5,10,12,16H,3,6-9H2,1-2H3. The zero-order valence-electron chi connectivity index (χ0n) is 11.5.